The second-order valence-electron chi connectivity index (χ2n) is 6.88. The predicted molar refractivity (Wildman–Crippen MR) is 110 cm³/mol. The summed E-state index contributed by atoms with van der Waals surface area (Å²) in [6.07, 6.45) is 2.51. The Hall–Kier alpha value is -3.08. The lowest BCUT2D eigenvalue weighted by atomic mass is 10.1. The number of hydrogen-bond donors (Lipinski definition) is 1. The second-order valence-corrected chi connectivity index (χ2v) is 6.88. The molecule has 1 atom stereocenters. The van der Waals surface area contributed by atoms with Crippen molar-refractivity contribution in [2.45, 2.75) is 39.2 Å². The van der Waals surface area contributed by atoms with Crippen LogP contribution in [0.4, 0.5) is 0 Å². The number of nitrogens with one attached hydrogen (secondary N) is 1. The highest BCUT2D eigenvalue weighted by Crippen LogP contribution is 2.23. The number of hydrogen-bond acceptors (Lipinski definition) is 4. The number of fused-ring (bicyclic) bond motifs is 1. The molecule has 0 radical (unpaired) electrons. The third-order valence-electron chi connectivity index (χ3n) is 4.67. The van der Waals surface area contributed by atoms with Crippen LogP contribution in [-0.2, 0) is 17.6 Å². The normalized spacial score (nSPS) is 11.9. The van der Waals surface area contributed by atoms with Crippen LogP contribution >= 0.6 is 0 Å². The molecule has 0 saturated carbocycles. The summed E-state index contributed by atoms with van der Waals surface area (Å²) in [6.45, 7) is 3.89. The first kappa shape index (κ1) is 19.7. The number of benzene rings is 2. The molecule has 0 aliphatic heterocycles. The van der Waals surface area contributed by atoms with Gasteiger partial charge in [-0.05, 0) is 49.4 Å². The standard InChI is InChI=1S/C23H25NO4/c1-3-18-13-23(26)28-21-14-19(11-12-20(18)21)27-15-22(25)24-16(2)9-10-17-7-5-4-6-8-17/h4-8,11-14,16H,3,9-10,15H2,1-2H3,(H,24,25). The first-order valence-electron chi connectivity index (χ1n) is 9.58. The van der Waals surface area contributed by atoms with Gasteiger partial charge >= 0.3 is 5.63 Å². The fourth-order valence-electron chi connectivity index (χ4n) is 3.16. The largest absolute Gasteiger partial charge is 0.484 e. The summed E-state index contributed by atoms with van der Waals surface area (Å²) in [5, 5.41) is 3.83. The molecule has 3 aromatic rings. The number of amides is 1. The molecule has 3 rings (SSSR count). The molecule has 0 saturated heterocycles. The quantitative estimate of drug-likeness (QED) is 0.603. The fourth-order valence-corrected chi connectivity index (χ4v) is 3.16. The molecule has 1 aromatic heterocycles. The molecule has 1 amide bonds. The summed E-state index contributed by atoms with van der Waals surface area (Å²) in [5.41, 5.74) is 2.27. The van der Waals surface area contributed by atoms with Crippen molar-refractivity contribution in [1.29, 1.82) is 0 Å². The minimum Gasteiger partial charge on any atom is -0.484 e. The zero-order valence-electron chi connectivity index (χ0n) is 16.2. The monoisotopic (exact) mass is 379 g/mol. The Labute approximate surface area is 164 Å². The van der Waals surface area contributed by atoms with E-state index in [0.717, 1.165) is 30.2 Å². The van der Waals surface area contributed by atoms with Crippen LogP contribution in [0, 0.1) is 0 Å². The average molecular weight is 379 g/mol. The van der Waals surface area contributed by atoms with Crippen LogP contribution in [0.25, 0.3) is 11.0 Å². The van der Waals surface area contributed by atoms with Crippen LogP contribution in [0.15, 0.2) is 63.8 Å². The van der Waals surface area contributed by atoms with Crippen molar-refractivity contribution < 1.29 is 13.9 Å². The van der Waals surface area contributed by atoms with Gasteiger partial charge in [-0.2, -0.15) is 0 Å². The van der Waals surface area contributed by atoms with Crippen LogP contribution in [0.3, 0.4) is 0 Å². The molecule has 5 nitrogen and oxygen atoms in total. The Morgan fingerprint density at radius 3 is 2.68 bits per heavy atom. The molecule has 2 aromatic carbocycles. The van der Waals surface area contributed by atoms with Gasteiger partial charge in [0, 0.05) is 23.6 Å². The third-order valence-corrected chi connectivity index (χ3v) is 4.67. The number of aryl methyl sites for hydroxylation is 2. The van der Waals surface area contributed by atoms with E-state index in [2.05, 4.69) is 17.4 Å². The van der Waals surface area contributed by atoms with Crippen LogP contribution < -0.4 is 15.7 Å². The van der Waals surface area contributed by atoms with Crippen LogP contribution in [0.5, 0.6) is 5.75 Å². The van der Waals surface area contributed by atoms with Crippen molar-refractivity contribution in [3.63, 3.8) is 0 Å². The molecule has 5 heteroatoms. The third kappa shape index (κ3) is 5.22. The molecule has 146 valence electrons. The zero-order chi connectivity index (χ0) is 19.9. The van der Waals surface area contributed by atoms with Crippen LogP contribution in [-0.4, -0.2) is 18.6 Å². The molecule has 1 heterocycles. The van der Waals surface area contributed by atoms with Crippen molar-refractivity contribution in [3.8, 4) is 5.75 Å². The van der Waals surface area contributed by atoms with E-state index in [-0.39, 0.29) is 24.2 Å². The van der Waals surface area contributed by atoms with Crippen LogP contribution in [0.2, 0.25) is 0 Å². The van der Waals surface area contributed by atoms with E-state index in [0.29, 0.717) is 11.3 Å². The molecule has 0 aliphatic carbocycles. The lowest BCUT2D eigenvalue weighted by Gasteiger charge is -2.14. The van der Waals surface area contributed by atoms with E-state index in [9.17, 15) is 9.59 Å². The Morgan fingerprint density at radius 1 is 1.14 bits per heavy atom. The van der Waals surface area contributed by atoms with E-state index in [1.165, 1.54) is 11.6 Å². The Bertz CT molecular complexity index is 994. The van der Waals surface area contributed by atoms with Crippen molar-refractivity contribution in [2.75, 3.05) is 6.61 Å². The highest BCUT2D eigenvalue weighted by Gasteiger charge is 2.10. The molecule has 0 bridgehead atoms. The van der Waals surface area contributed by atoms with Gasteiger partial charge < -0.3 is 14.5 Å². The Balaban J connectivity index is 1.53. The van der Waals surface area contributed by atoms with E-state index < -0.39 is 0 Å². The van der Waals surface area contributed by atoms with Crippen LogP contribution in [0.1, 0.15) is 31.4 Å². The topological polar surface area (TPSA) is 68.5 Å². The number of carbonyl (C=O) groups is 1. The molecule has 0 fully saturated rings. The summed E-state index contributed by atoms with van der Waals surface area (Å²) in [5.74, 6) is 0.320. The van der Waals surface area contributed by atoms with Gasteiger partial charge in [-0.15, -0.1) is 0 Å². The maximum absolute atomic E-state index is 12.1. The highest BCUT2D eigenvalue weighted by atomic mass is 16.5. The fraction of sp³-hybridized carbons (Fsp3) is 0.304. The molecule has 28 heavy (non-hydrogen) atoms. The number of rotatable bonds is 8. The summed E-state index contributed by atoms with van der Waals surface area (Å²) in [6, 6.07) is 17.0. The average Bonchev–Trinajstić information content (AvgIpc) is 2.70. The van der Waals surface area contributed by atoms with Gasteiger partial charge in [0.25, 0.3) is 5.91 Å². The second kappa shape index (κ2) is 9.22. The van der Waals surface area contributed by atoms with Gasteiger partial charge in [-0.1, -0.05) is 37.3 Å². The maximum Gasteiger partial charge on any atom is 0.336 e. The Kier molecular flexibility index (Phi) is 6.48. The summed E-state index contributed by atoms with van der Waals surface area (Å²) in [4.78, 5) is 23.8. The van der Waals surface area contributed by atoms with Gasteiger partial charge in [-0.25, -0.2) is 4.79 Å². The van der Waals surface area contributed by atoms with Crippen molar-refractivity contribution in [2.24, 2.45) is 0 Å². The molecule has 1 N–H and O–H groups in total. The summed E-state index contributed by atoms with van der Waals surface area (Å²) in [7, 11) is 0. The van der Waals surface area contributed by atoms with E-state index >= 15 is 0 Å². The minimum absolute atomic E-state index is 0.0537. The number of ether oxygens (including phenoxy) is 1. The van der Waals surface area contributed by atoms with Crippen molar-refractivity contribution in [1.82, 2.24) is 5.32 Å². The van der Waals surface area contributed by atoms with Crippen molar-refractivity contribution in [3.05, 3.63) is 76.1 Å². The maximum atomic E-state index is 12.1. The van der Waals surface area contributed by atoms with Gasteiger partial charge in [-0.3, -0.25) is 4.79 Å². The highest BCUT2D eigenvalue weighted by molar-refractivity contribution is 5.82. The minimum atomic E-state index is -0.383. The summed E-state index contributed by atoms with van der Waals surface area (Å²) >= 11 is 0. The lowest BCUT2D eigenvalue weighted by molar-refractivity contribution is -0.123. The molecule has 0 aliphatic rings. The SMILES string of the molecule is CCc1cc(=O)oc2cc(OCC(=O)NC(C)CCc3ccccc3)ccc12. The molecule has 0 spiro atoms. The lowest BCUT2D eigenvalue weighted by Crippen LogP contribution is -2.36. The van der Waals surface area contributed by atoms with Gasteiger partial charge in [0.2, 0.25) is 0 Å². The number of carbonyl (C=O) groups excluding carboxylic acids is 1. The van der Waals surface area contributed by atoms with Gasteiger partial charge in [0.1, 0.15) is 11.3 Å². The van der Waals surface area contributed by atoms with Crippen molar-refractivity contribution >= 4 is 16.9 Å². The first-order valence-corrected chi connectivity index (χ1v) is 9.58. The van der Waals surface area contributed by atoms with Gasteiger partial charge in [0.05, 0.1) is 0 Å². The predicted octanol–water partition coefficient (Wildman–Crippen LogP) is 3.87. The Morgan fingerprint density at radius 2 is 1.93 bits per heavy atom. The molecular weight excluding hydrogens is 354 g/mol. The first-order chi connectivity index (χ1) is 13.5. The van der Waals surface area contributed by atoms with E-state index in [4.69, 9.17) is 9.15 Å². The zero-order valence-corrected chi connectivity index (χ0v) is 16.2. The van der Waals surface area contributed by atoms with Gasteiger partial charge in [0.15, 0.2) is 6.61 Å². The van der Waals surface area contributed by atoms with E-state index in [1.807, 2.05) is 38.1 Å². The summed E-state index contributed by atoms with van der Waals surface area (Å²) < 4.78 is 10.8. The van der Waals surface area contributed by atoms with E-state index in [1.54, 1.807) is 12.1 Å². The molecule has 1 unspecified atom stereocenters. The smallest absolute Gasteiger partial charge is 0.336 e. The molecular formula is C23H25NO4.